The number of fused-ring (bicyclic) bond motifs is 1. The Morgan fingerprint density at radius 2 is 1.78 bits per heavy atom. The van der Waals surface area contributed by atoms with E-state index < -0.39 is 5.97 Å². The topological polar surface area (TPSA) is 84.9 Å². The number of benzene rings is 3. The summed E-state index contributed by atoms with van der Waals surface area (Å²) in [7, 11) is 0. The molecule has 3 aromatic carbocycles. The highest BCUT2D eigenvalue weighted by Gasteiger charge is 2.28. The molecule has 1 aliphatic heterocycles. The van der Waals surface area contributed by atoms with Gasteiger partial charge in [-0.15, -0.1) is 0 Å². The highest BCUT2D eigenvalue weighted by atomic mass is 35.5. The maximum Gasteiger partial charge on any atom is 0.332 e. The molecule has 0 saturated carbocycles. The van der Waals surface area contributed by atoms with Gasteiger partial charge in [0.2, 0.25) is 0 Å². The standard InChI is InChI=1S/C28H26Cl2N2O5/c1-2-36-26(33)17-37-25-8-5-15-32(24-7-4-3-6-22(24)25)28(35)18-9-12-20(13-10-18)31-27(34)21-14-11-19(29)16-23(21)30/h3-4,6-7,9-14,16,25H,2,5,8,15,17H2,1H3,(H,31,34). The molecule has 1 aliphatic rings. The molecule has 192 valence electrons. The molecule has 2 amide bonds. The van der Waals surface area contributed by atoms with Gasteiger partial charge in [-0.25, -0.2) is 4.79 Å². The second-order valence-corrected chi connectivity index (χ2v) is 9.26. The summed E-state index contributed by atoms with van der Waals surface area (Å²) in [5.74, 6) is -0.962. The first-order chi connectivity index (χ1) is 17.9. The fourth-order valence-corrected chi connectivity index (χ4v) is 4.69. The zero-order valence-electron chi connectivity index (χ0n) is 20.2. The summed E-state index contributed by atoms with van der Waals surface area (Å²) < 4.78 is 10.8. The Morgan fingerprint density at radius 1 is 1.03 bits per heavy atom. The Hall–Kier alpha value is -3.39. The minimum atomic E-state index is -0.414. The smallest absolute Gasteiger partial charge is 0.332 e. The molecule has 0 aliphatic carbocycles. The van der Waals surface area contributed by atoms with E-state index in [-0.39, 0.29) is 29.5 Å². The molecule has 1 heterocycles. The van der Waals surface area contributed by atoms with Crippen LogP contribution in [-0.4, -0.2) is 37.5 Å². The van der Waals surface area contributed by atoms with Crippen molar-refractivity contribution in [1.82, 2.24) is 0 Å². The zero-order chi connectivity index (χ0) is 26.4. The first-order valence-corrected chi connectivity index (χ1v) is 12.7. The Morgan fingerprint density at radius 3 is 2.51 bits per heavy atom. The minimum Gasteiger partial charge on any atom is -0.464 e. The van der Waals surface area contributed by atoms with Gasteiger partial charge in [0.25, 0.3) is 11.8 Å². The summed E-state index contributed by atoms with van der Waals surface area (Å²) in [6.45, 7) is 2.40. The van der Waals surface area contributed by atoms with Crippen LogP contribution in [0.2, 0.25) is 10.0 Å². The lowest BCUT2D eigenvalue weighted by Crippen LogP contribution is -2.31. The summed E-state index contributed by atoms with van der Waals surface area (Å²) in [4.78, 5) is 39.6. The molecular formula is C28H26Cl2N2O5. The van der Waals surface area contributed by atoms with Crippen LogP contribution in [0.1, 0.15) is 52.1 Å². The number of halogens is 2. The van der Waals surface area contributed by atoms with E-state index in [9.17, 15) is 14.4 Å². The van der Waals surface area contributed by atoms with Gasteiger partial charge in [-0.05, 0) is 68.3 Å². The lowest BCUT2D eigenvalue weighted by Gasteiger charge is -2.24. The van der Waals surface area contributed by atoms with E-state index >= 15 is 0 Å². The molecule has 3 aromatic rings. The molecule has 0 aromatic heterocycles. The van der Waals surface area contributed by atoms with Crippen LogP contribution in [0.5, 0.6) is 0 Å². The van der Waals surface area contributed by atoms with E-state index in [1.54, 1.807) is 48.2 Å². The number of carbonyl (C=O) groups is 3. The predicted octanol–water partition coefficient (Wildman–Crippen LogP) is 6.31. The van der Waals surface area contributed by atoms with E-state index in [0.29, 0.717) is 47.8 Å². The third-order valence-electron chi connectivity index (χ3n) is 5.94. The van der Waals surface area contributed by atoms with E-state index in [0.717, 1.165) is 11.3 Å². The maximum absolute atomic E-state index is 13.5. The molecule has 4 rings (SSSR count). The first kappa shape index (κ1) is 26.7. The number of esters is 1. The van der Waals surface area contributed by atoms with Crippen molar-refractivity contribution in [1.29, 1.82) is 0 Å². The summed E-state index contributed by atoms with van der Waals surface area (Å²) in [6, 6.07) is 18.9. The minimum absolute atomic E-state index is 0.144. The van der Waals surface area contributed by atoms with Crippen molar-refractivity contribution in [2.75, 3.05) is 30.0 Å². The number of hydrogen-bond donors (Lipinski definition) is 1. The first-order valence-electron chi connectivity index (χ1n) is 11.9. The quantitative estimate of drug-likeness (QED) is 0.355. The van der Waals surface area contributed by atoms with Gasteiger partial charge >= 0.3 is 5.97 Å². The fourth-order valence-electron chi connectivity index (χ4n) is 4.20. The molecule has 1 atom stereocenters. The number of nitrogens with one attached hydrogen (secondary N) is 1. The number of anilines is 2. The van der Waals surface area contributed by atoms with Gasteiger partial charge in [-0.2, -0.15) is 0 Å². The van der Waals surface area contributed by atoms with Crippen LogP contribution >= 0.6 is 23.2 Å². The second kappa shape index (κ2) is 12.2. The SMILES string of the molecule is CCOC(=O)COC1CCCN(C(=O)c2ccc(NC(=O)c3ccc(Cl)cc3Cl)cc2)c2ccccc21. The van der Waals surface area contributed by atoms with Gasteiger partial charge in [0, 0.05) is 34.1 Å². The molecule has 0 saturated heterocycles. The van der Waals surface area contributed by atoms with Crippen molar-refractivity contribution < 1.29 is 23.9 Å². The Balaban J connectivity index is 1.48. The molecule has 0 fully saturated rings. The third kappa shape index (κ3) is 6.49. The number of carbonyl (C=O) groups excluding carboxylic acids is 3. The molecule has 0 bridgehead atoms. The van der Waals surface area contributed by atoms with Crippen LogP contribution in [-0.2, 0) is 14.3 Å². The van der Waals surface area contributed by atoms with Gasteiger partial charge in [0.1, 0.15) is 6.61 Å². The van der Waals surface area contributed by atoms with Gasteiger partial charge in [0.05, 0.1) is 23.3 Å². The maximum atomic E-state index is 13.5. The van der Waals surface area contributed by atoms with Gasteiger partial charge in [-0.1, -0.05) is 41.4 Å². The average molecular weight is 541 g/mol. The van der Waals surface area contributed by atoms with Crippen LogP contribution < -0.4 is 10.2 Å². The molecule has 37 heavy (non-hydrogen) atoms. The van der Waals surface area contributed by atoms with Crippen LogP contribution in [0.15, 0.2) is 66.7 Å². The third-order valence-corrected chi connectivity index (χ3v) is 6.49. The Bertz CT molecular complexity index is 1300. The van der Waals surface area contributed by atoms with E-state index in [2.05, 4.69) is 5.32 Å². The summed E-state index contributed by atoms with van der Waals surface area (Å²) >= 11 is 12.0. The van der Waals surface area contributed by atoms with Gasteiger partial charge < -0.3 is 19.7 Å². The van der Waals surface area contributed by atoms with Crippen molar-refractivity contribution in [2.45, 2.75) is 25.9 Å². The number of nitrogens with zero attached hydrogens (tertiary/aromatic N) is 1. The normalized spacial score (nSPS) is 14.9. The summed E-state index contributed by atoms with van der Waals surface area (Å²) in [5.41, 5.74) is 2.89. The molecular weight excluding hydrogens is 515 g/mol. The Kier molecular flexibility index (Phi) is 8.82. The van der Waals surface area contributed by atoms with Crippen molar-refractivity contribution in [3.8, 4) is 0 Å². The molecule has 0 radical (unpaired) electrons. The van der Waals surface area contributed by atoms with E-state index in [1.165, 1.54) is 6.07 Å². The van der Waals surface area contributed by atoms with E-state index in [1.807, 2.05) is 24.3 Å². The number of amides is 2. The predicted molar refractivity (Wildman–Crippen MR) is 144 cm³/mol. The highest BCUT2D eigenvalue weighted by Crippen LogP contribution is 2.36. The van der Waals surface area contributed by atoms with E-state index in [4.69, 9.17) is 32.7 Å². The molecule has 0 spiro atoms. The largest absolute Gasteiger partial charge is 0.464 e. The molecule has 1 N–H and O–H groups in total. The van der Waals surface area contributed by atoms with Gasteiger partial charge in [0.15, 0.2) is 0 Å². The zero-order valence-corrected chi connectivity index (χ0v) is 21.7. The van der Waals surface area contributed by atoms with Crippen LogP contribution in [0.25, 0.3) is 0 Å². The number of ether oxygens (including phenoxy) is 2. The number of para-hydroxylation sites is 1. The summed E-state index contributed by atoms with van der Waals surface area (Å²) in [5, 5.41) is 3.47. The average Bonchev–Trinajstić information content (AvgIpc) is 3.07. The molecule has 9 heteroatoms. The van der Waals surface area contributed by atoms with Crippen molar-refractivity contribution >= 4 is 52.4 Å². The van der Waals surface area contributed by atoms with Crippen LogP contribution in [0, 0.1) is 0 Å². The number of hydrogen-bond acceptors (Lipinski definition) is 5. The molecule has 1 unspecified atom stereocenters. The second-order valence-electron chi connectivity index (χ2n) is 8.42. The monoisotopic (exact) mass is 540 g/mol. The highest BCUT2D eigenvalue weighted by molar-refractivity contribution is 6.37. The molecule has 7 nitrogen and oxygen atoms in total. The number of rotatable bonds is 7. The summed E-state index contributed by atoms with van der Waals surface area (Å²) in [6.07, 6.45) is 1.04. The van der Waals surface area contributed by atoms with Crippen molar-refractivity contribution in [2.24, 2.45) is 0 Å². The van der Waals surface area contributed by atoms with Gasteiger partial charge in [-0.3, -0.25) is 9.59 Å². The Labute approximate surface area is 225 Å². The fraction of sp³-hybridized carbons (Fsp3) is 0.250. The lowest BCUT2D eigenvalue weighted by molar-refractivity contribution is -0.150. The van der Waals surface area contributed by atoms with Crippen molar-refractivity contribution in [3.05, 3.63) is 93.5 Å². The lowest BCUT2D eigenvalue weighted by atomic mass is 10.0. The van der Waals surface area contributed by atoms with Crippen LogP contribution in [0.4, 0.5) is 11.4 Å². The van der Waals surface area contributed by atoms with Crippen molar-refractivity contribution in [3.63, 3.8) is 0 Å². The van der Waals surface area contributed by atoms with Crippen LogP contribution in [0.3, 0.4) is 0 Å².